The molecule has 0 saturated heterocycles. The Morgan fingerprint density at radius 1 is 1.18 bits per heavy atom. The standard InChI is InChI=1S/C19H21N2O/c1-4-19(14(2)16-10-8-9-11-16)15(3)20-21(18(19)22)17-12-6-5-7-13-17/h5-14H,4H2,1-3H3. The maximum atomic E-state index is 13.2. The first-order chi connectivity index (χ1) is 10.6. The molecule has 3 rings (SSSR count). The van der Waals surface area contributed by atoms with Gasteiger partial charge in [0, 0.05) is 0 Å². The number of hydrogen-bond acceptors (Lipinski definition) is 2. The van der Waals surface area contributed by atoms with E-state index in [2.05, 4.69) is 31.8 Å². The van der Waals surface area contributed by atoms with Gasteiger partial charge in [0.05, 0.1) is 16.8 Å². The molecular weight excluding hydrogens is 272 g/mol. The van der Waals surface area contributed by atoms with Crippen LogP contribution in [0, 0.1) is 42.9 Å². The number of amides is 1. The normalized spacial score (nSPS) is 27.3. The molecule has 2 atom stereocenters. The van der Waals surface area contributed by atoms with Gasteiger partial charge in [-0.15, -0.1) is 0 Å². The molecule has 1 aromatic rings. The van der Waals surface area contributed by atoms with Crippen molar-refractivity contribution in [2.24, 2.45) is 16.4 Å². The summed E-state index contributed by atoms with van der Waals surface area (Å²) in [5.41, 5.74) is 1.18. The Morgan fingerprint density at radius 2 is 1.82 bits per heavy atom. The first-order valence-electron chi connectivity index (χ1n) is 7.78. The molecule has 0 aromatic heterocycles. The summed E-state index contributed by atoms with van der Waals surface area (Å²) in [6, 6.07) is 9.65. The number of para-hydroxylation sites is 1. The second-order valence-electron chi connectivity index (χ2n) is 5.90. The Balaban J connectivity index is 1.95. The molecule has 1 heterocycles. The largest absolute Gasteiger partial charge is 0.271 e. The molecular formula is C19H21N2O. The van der Waals surface area contributed by atoms with Crippen molar-refractivity contribution in [1.82, 2.24) is 0 Å². The third-order valence-corrected chi connectivity index (χ3v) is 4.96. The van der Waals surface area contributed by atoms with Gasteiger partial charge in [-0.3, -0.25) is 4.79 Å². The summed E-state index contributed by atoms with van der Waals surface area (Å²) >= 11 is 0. The molecule has 3 nitrogen and oxygen atoms in total. The maximum Gasteiger partial charge on any atom is 0.259 e. The highest BCUT2D eigenvalue weighted by Crippen LogP contribution is 2.48. The number of benzene rings is 1. The van der Waals surface area contributed by atoms with Gasteiger partial charge in [-0.05, 0) is 63.0 Å². The Morgan fingerprint density at radius 3 is 2.41 bits per heavy atom. The topological polar surface area (TPSA) is 32.7 Å². The molecule has 3 heteroatoms. The van der Waals surface area contributed by atoms with Gasteiger partial charge in [-0.2, -0.15) is 10.1 Å². The minimum absolute atomic E-state index is 0.0763. The van der Waals surface area contributed by atoms with E-state index >= 15 is 0 Å². The number of rotatable bonds is 4. The van der Waals surface area contributed by atoms with Crippen LogP contribution in [0.2, 0.25) is 0 Å². The molecule has 1 amide bonds. The quantitative estimate of drug-likeness (QED) is 0.830. The van der Waals surface area contributed by atoms with Gasteiger partial charge in [0.25, 0.3) is 5.91 Å². The van der Waals surface area contributed by atoms with E-state index in [-0.39, 0.29) is 11.8 Å². The number of carbonyl (C=O) groups excluding carboxylic acids is 1. The van der Waals surface area contributed by atoms with Crippen LogP contribution < -0.4 is 5.01 Å². The molecule has 5 radical (unpaired) electrons. The Kier molecular flexibility index (Phi) is 4.07. The van der Waals surface area contributed by atoms with Crippen LogP contribution in [0.5, 0.6) is 0 Å². The van der Waals surface area contributed by atoms with E-state index in [1.165, 1.54) is 5.92 Å². The number of anilines is 1. The van der Waals surface area contributed by atoms with Crippen molar-refractivity contribution in [3.05, 3.63) is 61.9 Å². The molecule has 0 bridgehead atoms. The lowest BCUT2D eigenvalue weighted by Crippen LogP contribution is -2.45. The number of hydrogen-bond donors (Lipinski definition) is 0. The molecule has 113 valence electrons. The molecule has 2 aliphatic rings. The minimum atomic E-state index is -0.551. The molecule has 2 unspecified atom stereocenters. The van der Waals surface area contributed by atoms with Crippen molar-refractivity contribution in [3.8, 4) is 0 Å². The van der Waals surface area contributed by atoms with Crippen LogP contribution in [-0.4, -0.2) is 11.6 Å². The fourth-order valence-electron chi connectivity index (χ4n) is 3.55. The van der Waals surface area contributed by atoms with Crippen molar-refractivity contribution in [1.29, 1.82) is 0 Å². The van der Waals surface area contributed by atoms with Crippen LogP contribution in [0.15, 0.2) is 35.4 Å². The van der Waals surface area contributed by atoms with Gasteiger partial charge in [-0.1, -0.05) is 32.0 Å². The van der Waals surface area contributed by atoms with E-state index in [9.17, 15) is 4.79 Å². The van der Waals surface area contributed by atoms with Gasteiger partial charge in [0.15, 0.2) is 0 Å². The van der Waals surface area contributed by atoms with Crippen LogP contribution in [0.25, 0.3) is 0 Å². The summed E-state index contributed by atoms with van der Waals surface area (Å²) in [5.74, 6) is 1.38. The zero-order valence-electron chi connectivity index (χ0n) is 13.3. The molecule has 22 heavy (non-hydrogen) atoms. The van der Waals surface area contributed by atoms with Crippen LogP contribution in [0.4, 0.5) is 5.69 Å². The molecule has 1 saturated carbocycles. The third-order valence-electron chi connectivity index (χ3n) is 4.96. The lowest BCUT2D eigenvalue weighted by atomic mass is 9.65. The Bertz CT molecular complexity index is 574. The average molecular weight is 293 g/mol. The minimum Gasteiger partial charge on any atom is -0.271 e. The summed E-state index contributed by atoms with van der Waals surface area (Å²) in [5, 5.41) is 6.16. The van der Waals surface area contributed by atoms with Crippen molar-refractivity contribution in [3.63, 3.8) is 0 Å². The second kappa shape index (κ2) is 5.86. The number of carbonyl (C=O) groups is 1. The molecule has 1 aliphatic carbocycles. The van der Waals surface area contributed by atoms with Gasteiger partial charge < -0.3 is 0 Å². The van der Waals surface area contributed by atoms with Crippen molar-refractivity contribution in [2.45, 2.75) is 27.2 Å². The highest BCUT2D eigenvalue weighted by molar-refractivity contribution is 6.19. The summed E-state index contributed by atoms with van der Waals surface area (Å²) < 4.78 is 0. The van der Waals surface area contributed by atoms with E-state index in [1.54, 1.807) is 5.01 Å². The van der Waals surface area contributed by atoms with Gasteiger partial charge in [0.2, 0.25) is 0 Å². The maximum absolute atomic E-state index is 13.2. The number of hydrazone groups is 1. The lowest BCUT2D eigenvalue weighted by Gasteiger charge is -2.36. The second-order valence-corrected chi connectivity index (χ2v) is 5.90. The summed E-state index contributed by atoms with van der Waals surface area (Å²) in [6.45, 7) is 6.18. The fourth-order valence-corrected chi connectivity index (χ4v) is 3.55. The highest BCUT2D eigenvalue weighted by atomic mass is 16.2. The fraction of sp³-hybridized carbons (Fsp3) is 0.316. The van der Waals surface area contributed by atoms with E-state index in [0.717, 1.165) is 17.8 Å². The zero-order valence-corrected chi connectivity index (χ0v) is 13.3. The smallest absolute Gasteiger partial charge is 0.259 e. The van der Waals surface area contributed by atoms with Crippen LogP contribution in [-0.2, 0) is 4.79 Å². The van der Waals surface area contributed by atoms with E-state index in [1.807, 2.05) is 50.1 Å². The van der Waals surface area contributed by atoms with Crippen LogP contribution in [0.3, 0.4) is 0 Å². The van der Waals surface area contributed by atoms with E-state index in [0.29, 0.717) is 0 Å². The van der Waals surface area contributed by atoms with Gasteiger partial charge in [-0.25, -0.2) is 0 Å². The first-order valence-corrected chi connectivity index (χ1v) is 7.78. The average Bonchev–Trinajstić information content (AvgIpc) is 3.16. The van der Waals surface area contributed by atoms with Gasteiger partial charge in [0.1, 0.15) is 0 Å². The first kappa shape index (κ1) is 15.3. The summed E-state index contributed by atoms with van der Waals surface area (Å²) in [4.78, 5) is 13.2. The molecule has 1 fully saturated rings. The van der Waals surface area contributed by atoms with Crippen molar-refractivity contribution in [2.75, 3.05) is 5.01 Å². The van der Waals surface area contributed by atoms with E-state index < -0.39 is 5.41 Å². The Labute approximate surface area is 133 Å². The summed E-state index contributed by atoms with van der Waals surface area (Å²) in [6.07, 6.45) is 8.98. The molecule has 1 aromatic carbocycles. The van der Waals surface area contributed by atoms with E-state index in [4.69, 9.17) is 0 Å². The molecule has 1 aliphatic heterocycles. The SMILES string of the molecule is CCC1(C(C)[C]2[CH][CH][CH][CH]2)C(=O)N(c2ccccc2)N=C1C. The highest BCUT2D eigenvalue weighted by Gasteiger charge is 2.54. The summed E-state index contributed by atoms with van der Waals surface area (Å²) in [7, 11) is 0. The number of nitrogens with zero attached hydrogens (tertiary/aromatic N) is 2. The molecule has 0 N–H and O–H groups in total. The Hall–Kier alpha value is -1.64. The van der Waals surface area contributed by atoms with Crippen molar-refractivity contribution < 1.29 is 4.79 Å². The van der Waals surface area contributed by atoms with Gasteiger partial charge >= 0.3 is 0 Å². The molecule has 0 spiro atoms. The van der Waals surface area contributed by atoms with Crippen LogP contribution in [0.1, 0.15) is 27.2 Å². The van der Waals surface area contributed by atoms with Crippen LogP contribution >= 0.6 is 0 Å². The monoisotopic (exact) mass is 293 g/mol. The lowest BCUT2D eigenvalue weighted by molar-refractivity contribution is -0.125. The third kappa shape index (κ3) is 2.18. The zero-order chi connectivity index (χ0) is 15.7. The predicted octanol–water partition coefficient (Wildman–Crippen LogP) is 3.85. The van der Waals surface area contributed by atoms with Crippen molar-refractivity contribution >= 4 is 17.3 Å². The predicted molar refractivity (Wildman–Crippen MR) is 89.4 cm³/mol.